The molecule has 1 saturated heterocycles. The molecule has 5 nitrogen and oxygen atoms in total. The average Bonchev–Trinajstić information content (AvgIpc) is 3.16. The van der Waals surface area contributed by atoms with Crippen LogP contribution in [-0.2, 0) is 13.0 Å². The van der Waals surface area contributed by atoms with E-state index < -0.39 is 0 Å². The average molecular weight is 442 g/mol. The highest BCUT2D eigenvalue weighted by Gasteiger charge is 2.23. The third-order valence-electron chi connectivity index (χ3n) is 6.86. The van der Waals surface area contributed by atoms with Crippen LogP contribution in [0.1, 0.15) is 29.3 Å². The van der Waals surface area contributed by atoms with Gasteiger partial charge in [0.15, 0.2) is 11.5 Å². The number of ether oxygens (including phenoxy) is 1. The molecule has 1 aliphatic heterocycles. The van der Waals surface area contributed by atoms with E-state index in [1.54, 1.807) is 13.2 Å². The van der Waals surface area contributed by atoms with E-state index in [0.717, 1.165) is 56.0 Å². The number of phenols is 1. The van der Waals surface area contributed by atoms with E-state index in [1.165, 1.54) is 27.8 Å². The van der Waals surface area contributed by atoms with Crippen LogP contribution in [0.3, 0.4) is 0 Å². The standard InChI is InChI=1S/C28H31N3O2/c1-19-14-25-24(28(19)22-8-9-26(32)27(16-22)33-3)15-23(17-29-25)21-6-4-20(5-7-21)18-31-12-10-30(2)11-13-31/h4-9,15-17,32H,10-14,18H2,1-3H3. The smallest absolute Gasteiger partial charge is 0.161 e. The van der Waals surface area contributed by atoms with Gasteiger partial charge in [0.05, 0.1) is 12.8 Å². The quantitative estimate of drug-likeness (QED) is 0.628. The van der Waals surface area contributed by atoms with Crippen molar-refractivity contribution in [2.24, 2.45) is 0 Å². The number of piperazine rings is 1. The number of benzene rings is 2. The van der Waals surface area contributed by atoms with Gasteiger partial charge in [-0.15, -0.1) is 0 Å². The molecular formula is C28H31N3O2. The number of likely N-dealkylation sites (N-methyl/N-ethyl adjacent to an activating group) is 1. The van der Waals surface area contributed by atoms with Crippen molar-refractivity contribution >= 4 is 5.57 Å². The molecule has 0 unspecified atom stereocenters. The summed E-state index contributed by atoms with van der Waals surface area (Å²) in [5.41, 5.74) is 9.43. The Morgan fingerprint density at radius 3 is 2.39 bits per heavy atom. The Kier molecular flexibility index (Phi) is 5.92. The van der Waals surface area contributed by atoms with Crippen LogP contribution >= 0.6 is 0 Å². The summed E-state index contributed by atoms with van der Waals surface area (Å²) >= 11 is 0. The molecule has 33 heavy (non-hydrogen) atoms. The van der Waals surface area contributed by atoms with Gasteiger partial charge in [0.25, 0.3) is 0 Å². The molecule has 2 aliphatic rings. The number of fused-ring (bicyclic) bond motifs is 1. The lowest BCUT2D eigenvalue weighted by molar-refractivity contribution is 0.148. The number of phenolic OH excluding ortho intramolecular Hbond substituents is 1. The van der Waals surface area contributed by atoms with Gasteiger partial charge in [0.1, 0.15) is 0 Å². The van der Waals surface area contributed by atoms with Gasteiger partial charge >= 0.3 is 0 Å². The molecule has 1 aliphatic carbocycles. The zero-order valence-corrected chi connectivity index (χ0v) is 19.6. The summed E-state index contributed by atoms with van der Waals surface area (Å²) in [7, 11) is 3.77. The Balaban J connectivity index is 1.40. The number of rotatable bonds is 5. The number of nitrogens with zero attached hydrogens (tertiary/aromatic N) is 3. The number of methoxy groups -OCH3 is 1. The van der Waals surface area contributed by atoms with Gasteiger partial charge in [-0.2, -0.15) is 0 Å². The van der Waals surface area contributed by atoms with Crippen LogP contribution in [0.25, 0.3) is 16.7 Å². The first-order valence-corrected chi connectivity index (χ1v) is 11.6. The first-order valence-electron chi connectivity index (χ1n) is 11.6. The van der Waals surface area contributed by atoms with E-state index in [2.05, 4.69) is 54.1 Å². The molecule has 0 saturated carbocycles. The van der Waals surface area contributed by atoms with E-state index in [0.29, 0.717) is 5.75 Å². The number of hydrogen-bond acceptors (Lipinski definition) is 5. The maximum absolute atomic E-state index is 10.0. The van der Waals surface area contributed by atoms with Gasteiger partial charge in [-0.05, 0) is 54.4 Å². The summed E-state index contributed by atoms with van der Waals surface area (Å²) in [5, 5.41) is 10.0. The lowest BCUT2D eigenvalue weighted by Gasteiger charge is -2.32. The summed E-state index contributed by atoms with van der Waals surface area (Å²) in [6, 6.07) is 16.7. The number of allylic oxidation sites excluding steroid dienone is 1. The summed E-state index contributed by atoms with van der Waals surface area (Å²) in [5.74, 6) is 0.641. The second kappa shape index (κ2) is 9.00. The van der Waals surface area contributed by atoms with Crippen molar-refractivity contribution in [2.75, 3.05) is 40.3 Å². The molecule has 2 aromatic carbocycles. The maximum atomic E-state index is 10.0. The van der Waals surface area contributed by atoms with Gasteiger partial charge in [-0.1, -0.05) is 35.9 Å². The second-order valence-corrected chi connectivity index (χ2v) is 9.21. The van der Waals surface area contributed by atoms with Crippen LogP contribution in [-0.4, -0.2) is 60.2 Å². The first kappa shape index (κ1) is 21.7. The van der Waals surface area contributed by atoms with Crippen molar-refractivity contribution in [2.45, 2.75) is 19.9 Å². The van der Waals surface area contributed by atoms with Crippen molar-refractivity contribution in [1.82, 2.24) is 14.8 Å². The molecule has 5 heteroatoms. The fraction of sp³-hybridized carbons (Fsp3) is 0.321. The predicted octanol–water partition coefficient (Wildman–Crippen LogP) is 4.59. The molecule has 0 atom stereocenters. The van der Waals surface area contributed by atoms with E-state index in [4.69, 9.17) is 9.72 Å². The van der Waals surface area contributed by atoms with Crippen molar-refractivity contribution in [3.05, 3.63) is 82.7 Å². The summed E-state index contributed by atoms with van der Waals surface area (Å²) in [6.45, 7) is 7.70. The van der Waals surface area contributed by atoms with Crippen molar-refractivity contribution in [3.8, 4) is 22.6 Å². The van der Waals surface area contributed by atoms with Crippen molar-refractivity contribution in [3.63, 3.8) is 0 Å². The topological polar surface area (TPSA) is 48.8 Å². The van der Waals surface area contributed by atoms with Crippen LogP contribution in [0, 0.1) is 0 Å². The van der Waals surface area contributed by atoms with Gasteiger partial charge < -0.3 is 14.7 Å². The van der Waals surface area contributed by atoms with Gasteiger partial charge in [0.2, 0.25) is 0 Å². The lowest BCUT2D eigenvalue weighted by atomic mass is 9.96. The highest BCUT2D eigenvalue weighted by molar-refractivity contribution is 5.88. The highest BCUT2D eigenvalue weighted by atomic mass is 16.5. The maximum Gasteiger partial charge on any atom is 0.161 e. The number of aromatic nitrogens is 1. The minimum Gasteiger partial charge on any atom is -0.504 e. The van der Waals surface area contributed by atoms with Crippen LogP contribution in [0.2, 0.25) is 0 Å². The fourth-order valence-electron chi connectivity index (χ4n) is 4.88. The zero-order chi connectivity index (χ0) is 22.9. The van der Waals surface area contributed by atoms with E-state index in [-0.39, 0.29) is 5.75 Å². The third kappa shape index (κ3) is 4.39. The Morgan fingerprint density at radius 2 is 1.67 bits per heavy atom. The Bertz CT molecular complexity index is 1190. The van der Waals surface area contributed by atoms with E-state index >= 15 is 0 Å². The minimum absolute atomic E-state index is 0.154. The lowest BCUT2D eigenvalue weighted by Crippen LogP contribution is -2.43. The molecule has 2 heterocycles. The molecule has 0 amide bonds. The Labute approximate surface area is 196 Å². The molecule has 0 bridgehead atoms. The molecular weight excluding hydrogens is 410 g/mol. The molecule has 5 rings (SSSR count). The largest absolute Gasteiger partial charge is 0.504 e. The molecule has 1 fully saturated rings. The summed E-state index contributed by atoms with van der Waals surface area (Å²) in [4.78, 5) is 9.72. The van der Waals surface area contributed by atoms with Gasteiger partial charge in [0, 0.05) is 56.5 Å². The van der Waals surface area contributed by atoms with E-state index in [9.17, 15) is 5.11 Å². The van der Waals surface area contributed by atoms with Gasteiger partial charge in [-0.25, -0.2) is 0 Å². The molecule has 170 valence electrons. The number of pyridine rings is 1. The van der Waals surface area contributed by atoms with Crippen LogP contribution < -0.4 is 4.74 Å². The number of hydrogen-bond donors (Lipinski definition) is 1. The van der Waals surface area contributed by atoms with Crippen molar-refractivity contribution in [1.29, 1.82) is 0 Å². The monoisotopic (exact) mass is 441 g/mol. The SMILES string of the molecule is COc1cc(C2=C(C)Cc3ncc(-c4ccc(CN5CCN(C)CC5)cc4)cc32)ccc1O. The minimum atomic E-state index is 0.154. The number of aromatic hydroxyl groups is 1. The van der Waals surface area contributed by atoms with Crippen LogP contribution in [0.5, 0.6) is 11.5 Å². The molecule has 1 N–H and O–H groups in total. The van der Waals surface area contributed by atoms with Crippen LogP contribution in [0.15, 0.2) is 60.3 Å². The highest BCUT2D eigenvalue weighted by Crippen LogP contribution is 2.40. The molecule has 1 aromatic heterocycles. The fourth-order valence-corrected chi connectivity index (χ4v) is 4.88. The zero-order valence-electron chi connectivity index (χ0n) is 19.6. The second-order valence-electron chi connectivity index (χ2n) is 9.21. The van der Waals surface area contributed by atoms with Gasteiger partial charge in [-0.3, -0.25) is 9.88 Å². The molecule has 3 aromatic rings. The summed E-state index contributed by atoms with van der Waals surface area (Å²) in [6.07, 6.45) is 2.83. The Hall–Kier alpha value is -3.15. The molecule has 0 radical (unpaired) electrons. The Morgan fingerprint density at radius 1 is 0.939 bits per heavy atom. The molecule has 0 spiro atoms. The normalized spacial score (nSPS) is 16.8. The van der Waals surface area contributed by atoms with Crippen LogP contribution in [0.4, 0.5) is 0 Å². The third-order valence-corrected chi connectivity index (χ3v) is 6.86. The predicted molar refractivity (Wildman–Crippen MR) is 133 cm³/mol. The van der Waals surface area contributed by atoms with E-state index in [1.807, 2.05) is 18.3 Å². The van der Waals surface area contributed by atoms with Crippen molar-refractivity contribution < 1.29 is 9.84 Å². The first-order chi connectivity index (χ1) is 16.0. The summed E-state index contributed by atoms with van der Waals surface area (Å²) < 4.78 is 5.34.